The number of hydrogen-bond donors (Lipinski definition) is 1. The maximum atomic E-state index is 5.88. The number of ether oxygens (including phenoxy) is 1. The van der Waals surface area contributed by atoms with E-state index in [9.17, 15) is 0 Å². The first-order chi connectivity index (χ1) is 8.26. The van der Waals surface area contributed by atoms with Gasteiger partial charge in [-0.15, -0.1) is 0 Å². The van der Waals surface area contributed by atoms with Crippen molar-refractivity contribution in [2.24, 2.45) is 11.7 Å². The third-order valence-electron chi connectivity index (χ3n) is 3.61. The first kappa shape index (κ1) is 12.2. The molecule has 17 heavy (non-hydrogen) atoms. The molecule has 2 N–H and O–H groups in total. The lowest BCUT2D eigenvalue weighted by Gasteiger charge is -2.40. The van der Waals surface area contributed by atoms with E-state index in [2.05, 4.69) is 16.8 Å². The Labute approximate surface area is 103 Å². The van der Waals surface area contributed by atoms with E-state index >= 15 is 0 Å². The molecule has 1 aliphatic rings. The minimum absolute atomic E-state index is 0.407. The Morgan fingerprint density at radius 3 is 2.94 bits per heavy atom. The van der Waals surface area contributed by atoms with Gasteiger partial charge in [0, 0.05) is 19.1 Å². The summed E-state index contributed by atoms with van der Waals surface area (Å²) in [6, 6.07) is 4.37. The number of nitrogens with zero attached hydrogens (tertiary/aromatic N) is 2. The van der Waals surface area contributed by atoms with Crippen LogP contribution in [0.3, 0.4) is 0 Å². The fourth-order valence-electron chi connectivity index (χ4n) is 2.56. The average Bonchev–Trinajstić information content (AvgIpc) is 2.38. The molecular weight excluding hydrogens is 214 g/mol. The fraction of sp³-hybridized carbons (Fsp3) is 0.615. The number of nitrogens with two attached hydrogens (primary N) is 1. The van der Waals surface area contributed by atoms with E-state index in [-0.39, 0.29) is 0 Å². The predicted molar refractivity (Wildman–Crippen MR) is 69.4 cm³/mol. The first-order valence-corrected chi connectivity index (χ1v) is 6.23. The summed E-state index contributed by atoms with van der Waals surface area (Å²) >= 11 is 0. The van der Waals surface area contributed by atoms with Crippen molar-refractivity contribution in [3.8, 4) is 5.75 Å². The highest BCUT2D eigenvalue weighted by Crippen LogP contribution is 2.27. The molecule has 0 saturated carbocycles. The summed E-state index contributed by atoms with van der Waals surface area (Å²) in [6.45, 7) is 4.01. The number of methoxy groups -OCH3 is 1. The van der Waals surface area contributed by atoms with Crippen molar-refractivity contribution < 1.29 is 4.74 Å². The molecule has 4 nitrogen and oxygen atoms in total. The van der Waals surface area contributed by atoms with Gasteiger partial charge >= 0.3 is 0 Å². The third kappa shape index (κ3) is 2.52. The van der Waals surface area contributed by atoms with E-state index in [1.165, 1.54) is 12.8 Å². The van der Waals surface area contributed by atoms with E-state index in [0.717, 1.165) is 18.1 Å². The minimum atomic E-state index is 0.407. The quantitative estimate of drug-likeness (QED) is 0.865. The average molecular weight is 235 g/mol. The Morgan fingerprint density at radius 1 is 1.53 bits per heavy atom. The Balaban J connectivity index is 2.18. The van der Waals surface area contributed by atoms with Crippen LogP contribution < -0.4 is 15.4 Å². The number of rotatable bonds is 3. The molecule has 2 heterocycles. The molecule has 0 spiro atoms. The highest BCUT2D eigenvalue weighted by molar-refractivity contribution is 5.42. The lowest BCUT2D eigenvalue weighted by molar-refractivity contribution is 0.347. The van der Waals surface area contributed by atoms with Gasteiger partial charge in [0.25, 0.3) is 0 Å². The zero-order chi connectivity index (χ0) is 12.3. The Bertz CT molecular complexity index is 352. The van der Waals surface area contributed by atoms with Crippen LogP contribution in [0, 0.1) is 5.92 Å². The lowest BCUT2D eigenvalue weighted by Crippen LogP contribution is -2.49. The van der Waals surface area contributed by atoms with Crippen LogP contribution in [0.4, 0.5) is 5.82 Å². The van der Waals surface area contributed by atoms with Gasteiger partial charge in [-0.2, -0.15) is 0 Å². The molecule has 1 aromatic rings. The monoisotopic (exact) mass is 235 g/mol. The van der Waals surface area contributed by atoms with E-state index in [4.69, 9.17) is 10.5 Å². The molecule has 0 aromatic carbocycles. The van der Waals surface area contributed by atoms with E-state index in [0.29, 0.717) is 18.5 Å². The molecule has 0 radical (unpaired) electrons. The van der Waals surface area contributed by atoms with Crippen LogP contribution in [0.15, 0.2) is 18.3 Å². The molecule has 0 bridgehead atoms. The van der Waals surface area contributed by atoms with Gasteiger partial charge in [-0.05, 0) is 30.9 Å². The second kappa shape index (κ2) is 5.36. The molecule has 1 saturated heterocycles. The van der Waals surface area contributed by atoms with Crippen molar-refractivity contribution in [2.45, 2.75) is 25.8 Å². The Morgan fingerprint density at radius 2 is 2.35 bits per heavy atom. The predicted octanol–water partition coefficient (Wildman–Crippen LogP) is 1.65. The maximum Gasteiger partial charge on any atom is 0.137 e. The molecule has 0 amide bonds. The van der Waals surface area contributed by atoms with E-state index in [1.54, 1.807) is 13.3 Å². The van der Waals surface area contributed by atoms with Crippen molar-refractivity contribution in [2.75, 3.05) is 25.1 Å². The van der Waals surface area contributed by atoms with Gasteiger partial charge in [-0.1, -0.05) is 6.92 Å². The number of aromatic nitrogens is 1. The van der Waals surface area contributed by atoms with Gasteiger partial charge in [0.1, 0.15) is 11.6 Å². The standard InChI is InChI=1S/C13H21N3O/c1-10-4-3-7-16(12(10)8-14)13-6-5-11(17-2)9-15-13/h5-6,9-10,12H,3-4,7-8,14H2,1-2H3. The van der Waals surface area contributed by atoms with E-state index in [1.807, 2.05) is 12.1 Å². The van der Waals surface area contributed by atoms with Gasteiger partial charge in [-0.3, -0.25) is 0 Å². The van der Waals surface area contributed by atoms with Crippen molar-refractivity contribution >= 4 is 5.82 Å². The largest absolute Gasteiger partial charge is 0.495 e. The van der Waals surface area contributed by atoms with Crippen LogP contribution in [0.1, 0.15) is 19.8 Å². The van der Waals surface area contributed by atoms with Crippen LogP contribution in [0.5, 0.6) is 5.75 Å². The van der Waals surface area contributed by atoms with Crippen LogP contribution in [-0.2, 0) is 0 Å². The Kier molecular flexibility index (Phi) is 3.84. The number of hydrogen-bond acceptors (Lipinski definition) is 4. The Hall–Kier alpha value is -1.29. The molecule has 1 fully saturated rings. The molecular formula is C13H21N3O. The lowest BCUT2D eigenvalue weighted by atomic mass is 9.91. The maximum absolute atomic E-state index is 5.88. The van der Waals surface area contributed by atoms with Crippen molar-refractivity contribution in [1.29, 1.82) is 0 Å². The van der Waals surface area contributed by atoms with Gasteiger partial charge in [0.2, 0.25) is 0 Å². The molecule has 2 rings (SSSR count). The smallest absolute Gasteiger partial charge is 0.137 e. The van der Waals surface area contributed by atoms with Crippen molar-refractivity contribution in [3.63, 3.8) is 0 Å². The zero-order valence-electron chi connectivity index (χ0n) is 10.6. The van der Waals surface area contributed by atoms with Gasteiger partial charge in [0.15, 0.2) is 0 Å². The van der Waals surface area contributed by atoms with Crippen molar-refractivity contribution in [3.05, 3.63) is 18.3 Å². The summed E-state index contributed by atoms with van der Waals surface area (Å²) in [5.74, 6) is 2.44. The molecule has 2 unspecified atom stereocenters. The molecule has 1 aliphatic heterocycles. The number of anilines is 1. The van der Waals surface area contributed by atoms with Gasteiger partial charge < -0.3 is 15.4 Å². The number of piperidine rings is 1. The number of pyridine rings is 1. The van der Waals surface area contributed by atoms with Crippen molar-refractivity contribution in [1.82, 2.24) is 4.98 Å². The second-order valence-corrected chi connectivity index (χ2v) is 4.67. The normalized spacial score (nSPS) is 24.8. The minimum Gasteiger partial charge on any atom is -0.495 e. The highest BCUT2D eigenvalue weighted by atomic mass is 16.5. The second-order valence-electron chi connectivity index (χ2n) is 4.67. The third-order valence-corrected chi connectivity index (χ3v) is 3.61. The van der Waals surface area contributed by atoms with Crippen LogP contribution >= 0.6 is 0 Å². The molecule has 94 valence electrons. The summed E-state index contributed by atoms with van der Waals surface area (Å²) in [6.07, 6.45) is 4.24. The van der Waals surface area contributed by atoms with Crippen LogP contribution in [0.25, 0.3) is 0 Å². The molecule has 1 aromatic heterocycles. The first-order valence-electron chi connectivity index (χ1n) is 6.23. The van der Waals surface area contributed by atoms with E-state index < -0.39 is 0 Å². The van der Waals surface area contributed by atoms with Gasteiger partial charge in [-0.25, -0.2) is 4.98 Å². The van der Waals surface area contributed by atoms with Crippen LogP contribution in [0.2, 0.25) is 0 Å². The molecule has 2 atom stereocenters. The summed E-state index contributed by atoms with van der Waals surface area (Å²) in [5, 5.41) is 0. The SMILES string of the molecule is COc1ccc(N2CCCC(C)C2CN)nc1. The van der Waals surface area contributed by atoms with Gasteiger partial charge in [0.05, 0.1) is 13.3 Å². The van der Waals surface area contributed by atoms with Crippen LogP contribution in [-0.4, -0.2) is 31.2 Å². The molecule has 0 aliphatic carbocycles. The summed E-state index contributed by atoms with van der Waals surface area (Å²) in [7, 11) is 1.66. The summed E-state index contributed by atoms with van der Waals surface area (Å²) in [4.78, 5) is 6.78. The highest BCUT2D eigenvalue weighted by Gasteiger charge is 2.28. The topological polar surface area (TPSA) is 51.4 Å². The fourth-order valence-corrected chi connectivity index (χ4v) is 2.56. The summed E-state index contributed by atoms with van der Waals surface area (Å²) < 4.78 is 5.13. The molecule has 4 heteroatoms. The summed E-state index contributed by atoms with van der Waals surface area (Å²) in [5.41, 5.74) is 5.88. The zero-order valence-corrected chi connectivity index (χ0v) is 10.6.